The van der Waals surface area contributed by atoms with Gasteiger partial charge in [0.15, 0.2) is 5.13 Å². The summed E-state index contributed by atoms with van der Waals surface area (Å²) in [7, 11) is 0. The summed E-state index contributed by atoms with van der Waals surface area (Å²) >= 11 is 1.45. The zero-order chi connectivity index (χ0) is 17.1. The van der Waals surface area contributed by atoms with Crippen LogP contribution in [-0.2, 0) is 17.8 Å². The van der Waals surface area contributed by atoms with Gasteiger partial charge in [0.2, 0.25) is 5.91 Å². The number of aromatic nitrogens is 4. The van der Waals surface area contributed by atoms with Crippen molar-refractivity contribution in [1.82, 2.24) is 19.7 Å². The lowest BCUT2D eigenvalue weighted by atomic mass is 10.1. The molecule has 0 spiro atoms. The number of anilines is 1. The Morgan fingerprint density at radius 2 is 2.21 bits per heavy atom. The second-order valence-electron chi connectivity index (χ2n) is 5.53. The van der Waals surface area contributed by atoms with Crippen molar-refractivity contribution in [3.05, 3.63) is 62.8 Å². The monoisotopic (exact) mass is 343 g/mol. The minimum atomic E-state index is -0.416. The maximum absolute atomic E-state index is 12.0. The molecule has 0 aliphatic rings. The molecule has 8 heteroatoms. The van der Waals surface area contributed by atoms with Gasteiger partial charge in [-0.25, -0.2) is 14.9 Å². The van der Waals surface area contributed by atoms with Crippen LogP contribution < -0.4 is 11.0 Å². The molecule has 2 heterocycles. The molecule has 0 saturated heterocycles. The van der Waals surface area contributed by atoms with Gasteiger partial charge in [-0.2, -0.15) is 5.10 Å². The minimum Gasteiger partial charge on any atom is -0.300 e. The molecule has 24 heavy (non-hydrogen) atoms. The average molecular weight is 343 g/mol. The summed E-state index contributed by atoms with van der Waals surface area (Å²) in [6, 6.07) is 8.32. The second-order valence-corrected chi connectivity index (χ2v) is 6.61. The SMILES string of the molecule is Cc1cccc(Cc2sc(NC(=O)Cn3cn[nH]c3=O)nc2C)c1. The molecule has 1 aromatic carbocycles. The van der Waals surface area contributed by atoms with Crippen LogP contribution in [0.15, 0.2) is 35.4 Å². The number of hydrogen-bond donors (Lipinski definition) is 2. The summed E-state index contributed by atoms with van der Waals surface area (Å²) in [6.07, 6.45) is 2.07. The number of carbonyl (C=O) groups is 1. The van der Waals surface area contributed by atoms with Crippen LogP contribution in [-0.4, -0.2) is 25.7 Å². The Kier molecular flexibility index (Phi) is 4.57. The maximum atomic E-state index is 12.0. The van der Waals surface area contributed by atoms with E-state index in [1.165, 1.54) is 33.4 Å². The number of nitrogens with zero attached hydrogens (tertiary/aromatic N) is 3. The first-order valence-electron chi connectivity index (χ1n) is 7.43. The van der Waals surface area contributed by atoms with Crippen LogP contribution in [0.2, 0.25) is 0 Å². The number of benzene rings is 1. The number of hydrogen-bond acceptors (Lipinski definition) is 5. The molecule has 0 unspecified atom stereocenters. The van der Waals surface area contributed by atoms with Crippen LogP contribution in [0.1, 0.15) is 21.7 Å². The van der Waals surface area contributed by atoms with Crippen molar-refractivity contribution < 1.29 is 4.79 Å². The largest absolute Gasteiger partial charge is 0.343 e. The van der Waals surface area contributed by atoms with Gasteiger partial charge in [0.25, 0.3) is 0 Å². The number of amides is 1. The lowest BCUT2D eigenvalue weighted by Crippen LogP contribution is -2.25. The number of nitrogens with one attached hydrogen (secondary N) is 2. The van der Waals surface area contributed by atoms with Gasteiger partial charge >= 0.3 is 5.69 Å². The van der Waals surface area contributed by atoms with Crippen LogP contribution in [0.25, 0.3) is 0 Å². The molecule has 0 bridgehead atoms. The maximum Gasteiger partial charge on any atom is 0.343 e. The number of aryl methyl sites for hydroxylation is 2. The van der Waals surface area contributed by atoms with E-state index in [9.17, 15) is 9.59 Å². The van der Waals surface area contributed by atoms with E-state index in [-0.39, 0.29) is 12.5 Å². The Hall–Kier alpha value is -2.74. The molecule has 3 rings (SSSR count). The van der Waals surface area contributed by atoms with Gasteiger partial charge in [-0.15, -0.1) is 11.3 Å². The van der Waals surface area contributed by atoms with E-state index in [2.05, 4.69) is 45.6 Å². The van der Waals surface area contributed by atoms with Crippen molar-refractivity contribution >= 4 is 22.4 Å². The summed E-state index contributed by atoms with van der Waals surface area (Å²) in [5.41, 5.74) is 2.91. The number of H-pyrrole nitrogens is 1. The summed E-state index contributed by atoms with van der Waals surface area (Å²) in [5, 5.41) is 9.11. The first-order chi connectivity index (χ1) is 11.5. The van der Waals surface area contributed by atoms with E-state index in [1.54, 1.807) is 0 Å². The molecule has 2 aromatic heterocycles. The fourth-order valence-corrected chi connectivity index (χ4v) is 3.36. The zero-order valence-corrected chi connectivity index (χ0v) is 14.2. The molecule has 1 amide bonds. The predicted molar refractivity (Wildman–Crippen MR) is 92.3 cm³/mol. The highest BCUT2D eigenvalue weighted by Crippen LogP contribution is 2.25. The van der Waals surface area contributed by atoms with E-state index >= 15 is 0 Å². The topological polar surface area (TPSA) is 92.7 Å². The molecular weight excluding hydrogens is 326 g/mol. The fraction of sp³-hybridized carbons (Fsp3) is 0.250. The summed E-state index contributed by atoms with van der Waals surface area (Å²) in [6.45, 7) is 3.89. The van der Waals surface area contributed by atoms with Crippen molar-refractivity contribution in [3.8, 4) is 0 Å². The van der Waals surface area contributed by atoms with E-state index in [4.69, 9.17) is 0 Å². The first-order valence-corrected chi connectivity index (χ1v) is 8.24. The van der Waals surface area contributed by atoms with Gasteiger partial charge in [0.1, 0.15) is 12.9 Å². The summed E-state index contributed by atoms with van der Waals surface area (Å²) in [5.74, 6) is -0.311. The fourth-order valence-electron chi connectivity index (χ4n) is 2.35. The Morgan fingerprint density at radius 3 is 2.92 bits per heavy atom. The molecule has 0 atom stereocenters. The lowest BCUT2D eigenvalue weighted by Gasteiger charge is -2.01. The van der Waals surface area contributed by atoms with Gasteiger partial charge in [-0.05, 0) is 19.4 Å². The molecule has 0 radical (unpaired) electrons. The normalized spacial score (nSPS) is 10.8. The van der Waals surface area contributed by atoms with Gasteiger partial charge < -0.3 is 5.32 Å². The third-order valence-electron chi connectivity index (χ3n) is 3.52. The van der Waals surface area contributed by atoms with E-state index in [0.717, 1.165) is 17.0 Å². The molecule has 2 N–H and O–H groups in total. The number of aromatic amines is 1. The van der Waals surface area contributed by atoms with Crippen LogP contribution in [0.3, 0.4) is 0 Å². The van der Waals surface area contributed by atoms with Crippen molar-refractivity contribution in [2.24, 2.45) is 0 Å². The van der Waals surface area contributed by atoms with Crippen LogP contribution in [0, 0.1) is 13.8 Å². The lowest BCUT2D eigenvalue weighted by molar-refractivity contribution is -0.116. The number of rotatable bonds is 5. The molecule has 3 aromatic rings. The predicted octanol–water partition coefficient (Wildman–Crippen LogP) is 1.87. The van der Waals surface area contributed by atoms with Crippen LogP contribution in [0.4, 0.5) is 5.13 Å². The summed E-state index contributed by atoms with van der Waals surface area (Å²) < 4.78 is 1.20. The highest BCUT2D eigenvalue weighted by atomic mass is 32.1. The number of carbonyl (C=O) groups excluding carboxylic acids is 1. The van der Waals surface area contributed by atoms with Crippen LogP contribution in [0.5, 0.6) is 0 Å². The van der Waals surface area contributed by atoms with Gasteiger partial charge in [0.05, 0.1) is 5.69 Å². The van der Waals surface area contributed by atoms with Gasteiger partial charge in [0, 0.05) is 11.3 Å². The molecule has 7 nitrogen and oxygen atoms in total. The highest BCUT2D eigenvalue weighted by molar-refractivity contribution is 7.15. The molecule has 0 aliphatic heterocycles. The Balaban J connectivity index is 1.68. The van der Waals surface area contributed by atoms with E-state index < -0.39 is 5.69 Å². The average Bonchev–Trinajstić information content (AvgIpc) is 3.06. The molecular formula is C16H17N5O2S. The molecule has 0 fully saturated rings. The van der Waals surface area contributed by atoms with Crippen molar-refractivity contribution in [1.29, 1.82) is 0 Å². The first kappa shape index (κ1) is 16.1. The molecule has 0 aliphatic carbocycles. The molecule has 124 valence electrons. The van der Waals surface area contributed by atoms with Crippen molar-refractivity contribution in [2.75, 3.05) is 5.32 Å². The smallest absolute Gasteiger partial charge is 0.300 e. The van der Waals surface area contributed by atoms with Crippen molar-refractivity contribution in [2.45, 2.75) is 26.8 Å². The Morgan fingerprint density at radius 1 is 1.38 bits per heavy atom. The van der Waals surface area contributed by atoms with Gasteiger partial charge in [-0.1, -0.05) is 29.8 Å². The van der Waals surface area contributed by atoms with Crippen molar-refractivity contribution in [3.63, 3.8) is 0 Å². The Bertz CT molecular complexity index is 924. The standard InChI is InChI=1S/C16H17N5O2S/c1-10-4-3-5-12(6-10)7-13-11(2)18-15(24-13)19-14(22)8-21-9-17-20-16(21)23/h3-6,9H,7-8H2,1-2H3,(H,20,23)(H,18,19,22). The second kappa shape index (κ2) is 6.79. The third kappa shape index (κ3) is 3.77. The van der Waals surface area contributed by atoms with E-state index in [1.807, 2.05) is 13.0 Å². The quantitative estimate of drug-likeness (QED) is 0.740. The highest BCUT2D eigenvalue weighted by Gasteiger charge is 2.12. The molecule has 0 saturated carbocycles. The Labute approximate surface area is 142 Å². The zero-order valence-electron chi connectivity index (χ0n) is 13.4. The minimum absolute atomic E-state index is 0.0961. The van der Waals surface area contributed by atoms with Crippen LogP contribution >= 0.6 is 11.3 Å². The third-order valence-corrected chi connectivity index (χ3v) is 4.59. The summed E-state index contributed by atoms with van der Waals surface area (Å²) in [4.78, 5) is 28.9. The van der Waals surface area contributed by atoms with Gasteiger partial charge in [-0.3, -0.25) is 9.36 Å². The number of thiazole rings is 1. The van der Waals surface area contributed by atoms with E-state index in [0.29, 0.717) is 5.13 Å².